The van der Waals surface area contributed by atoms with Crippen molar-refractivity contribution in [2.45, 2.75) is 46.5 Å². The van der Waals surface area contributed by atoms with Gasteiger partial charge in [-0.05, 0) is 19.3 Å². The van der Waals surface area contributed by atoms with E-state index in [0.717, 1.165) is 19.5 Å². The highest BCUT2D eigenvalue weighted by molar-refractivity contribution is 4.97. The monoisotopic (exact) mass is 167 g/mol. The molecule has 0 radical (unpaired) electrons. The Morgan fingerprint density at radius 3 is 1.92 bits per heavy atom. The zero-order valence-corrected chi connectivity index (χ0v) is 8.69. The van der Waals surface area contributed by atoms with Crippen LogP contribution >= 0.6 is 0 Å². The minimum absolute atomic E-state index is 1.03. The summed E-state index contributed by atoms with van der Waals surface area (Å²) in [6.45, 7) is 8.79. The maximum absolute atomic E-state index is 3.21. The fraction of sp³-hybridized carbons (Fsp3) is 0.818. The molecule has 0 saturated carbocycles. The maximum Gasteiger partial charge on any atom is 0.0257 e. The predicted octanol–water partition coefficient (Wildman–Crippen LogP) is 2.87. The summed E-state index contributed by atoms with van der Waals surface area (Å²) >= 11 is 0. The minimum Gasteiger partial charge on any atom is -0.333 e. The van der Waals surface area contributed by atoms with Gasteiger partial charge in [-0.15, -0.1) is 0 Å². The van der Waals surface area contributed by atoms with Gasteiger partial charge in [-0.1, -0.05) is 26.7 Å². The first-order chi connectivity index (χ1) is 5.85. The van der Waals surface area contributed by atoms with E-state index in [-0.39, 0.29) is 0 Å². The van der Waals surface area contributed by atoms with Crippen LogP contribution in [0.15, 0.2) is 0 Å². The van der Waals surface area contributed by atoms with E-state index < -0.39 is 0 Å². The molecule has 0 amide bonds. The highest BCUT2D eigenvalue weighted by Crippen LogP contribution is 1.92. The first-order valence-electron chi connectivity index (χ1n) is 5.08. The Labute approximate surface area is 77.1 Å². The second kappa shape index (κ2) is 8.46. The van der Waals surface area contributed by atoms with Gasteiger partial charge in [0.15, 0.2) is 0 Å². The first-order valence-corrected chi connectivity index (χ1v) is 5.08. The molecule has 0 heterocycles. The summed E-state index contributed by atoms with van der Waals surface area (Å²) in [5.74, 6) is 3.18. The van der Waals surface area contributed by atoms with Crippen molar-refractivity contribution in [3.63, 3.8) is 0 Å². The second-order valence-corrected chi connectivity index (χ2v) is 3.03. The molecule has 0 aromatic rings. The van der Waals surface area contributed by atoms with Crippen molar-refractivity contribution in [2.24, 2.45) is 0 Å². The van der Waals surface area contributed by atoms with E-state index in [1.165, 1.54) is 19.3 Å². The Morgan fingerprint density at radius 2 is 1.50 bits per heavy atom. The zero-order valence-electron chi connectivity index (χ0n) is 8.69. The fourth-order valence-electron chi connectivity index (χ4n) is 1.06. The summed E-state index contributed by atoms with van der Waals surface area (Å²) in [5.41, 5.74) is 0. The van der Waals surface area contributed by atoms with Gasteiger partial charge in [0.2, 0.25) is 0 Å². The van der Waals surface area contributed by atoms with Crippen LogP contribution in [0.1, 0.15) is 46.5 Å². The van der Waals surface area contributed by atoms with Crippen LogP contribution in [0.4, 0.5) is 0 Å². The highest BCUT2D eigenvalue weighted by Gasteiger charge is 1.93. The minimum atomic E-state index is 1.03. The second-order valence-electron chi connectivity index (χ2n) is 3.03. The van der Waals surface area contributed by atoms with Crippen molar-refractivity contribution in [3.05, 3.63) is 0 Å². The first kappa shape index (κ1) is 11.4. The van der Waals surface area contributed by atoms with Gasteiger partial charge >= 0.3 is 0 Å². The third kappa shape index (κ3) is 6.09. The number of hydrogen-bond acceptors (Lipinski definition) is 1. The van der Waals surface area contributed by atoms with E-state index in [4.69, 9.17) is 0 Å². The van der Waals surface area contributed by atoms with Crippen LogP contribution in [0.5, 0.6) is 0 Å². The molecule has 0 unspecified atom stereocenters. The molecule has 0 rings (SSSR count). The lowest BCUT2D eigenvalue weighted by molar-refractivity contribution is 0.397. The summed E-state index contributed by atoms with van der Waals surface area (Å²) < 4.78 is 0. The molecule has 0 aromatic carbocycles. The van der Waals surface area contributed by atoms with Crippen LogP contribution in [0.25, 0.3) is 0 Å². The standard InChI is InChI=1S/C11H21N/c1-4-7-8-11-12(9-5-2)10-6-3/h4-7,9-10H2,1-3H3. The quantitative estimate of drug-likeness (QED) is 0.449. The van der Waals surface area contributed by atoms with Gasteiger partial charge in [0.25, 0.3) is 0 Å². The molecule has 12 heavy (non-hydrogen) atoms. The van der Waals surface area contributed by atoms with E-state index in [1.54, 1.807) is 0 Å². The van der Waals surface area contributed by atoms with Crippen molar-refractivity contribution in [3.8, 4) is 12.0 Å². The Hall–Kier alpha value is -0.640. The van der Waals surface area contributed by atoms with Crippen molar-refractivity contribution in [1.29, 1.82) is 0 Å². The summed E-state index contributed by atoms with van der Waals surface area (Å²) in [4.78, 5) is 2.23. The Kier molecular flexibility index (Phi) is 8.01. The van der Waals surface area contributed by atoms with Gasteiger partial charge in [-0.3, -0.25) is 0 Å². The van der Waals surface area contributed by atoms with Crippen LogP contribution in [-0.4, -0.2) is 18.0 Å². The molecule has 1 heteroatoms. The smallest absolute Gasteiger partial charge is 0.0257 e. The Bertz CT molecular complexity index is 135. The molecule has 0 spiro atoms. The van der Waals surface area contributed by atoms with Crippen molar-refractivity contribution in [1.82, 2.24) is 4.90 Å². The van der Waals surface area contributed by atoms with Gasteiger partial charge in [0, 0.05) is 25.6 Å². The summed E-state index contributed by atoms with van der Waals surface area (Å²) in [7, 11) is 0. The molecule has 0 N–H and O–H groups in total. The van der Waals surface area contributed by atoms with Crippen molar-refractivity contribution in [2.75, 3.05) is 13.1 Å². The van der Waals surface area contributed by atoms with E-state index in [9.17, 15) is 0 Å². The molecule has 0 saturated heterocycles. The molecule has 1 nitrogen and oxygen atoms in total. The highest BCUT2D eigenvalue weighted by atomic mass is 15.1. The lowest BCUT2D eigenvalue weighted by atomic mass is 10.3. The van der Waals surface area contributed by atoms with Gasteiger partial charge in [0.05, 0.1) is 0 Å². The number of rotatable bonds is 5. The molecule has 0 fully saturated rings. The van der Waals surface area contributed by atoms with Crippen molar-refractivity contribution >= 4 is 0 Å². The summed E-state index contributed by atoms with van der Waals surface area (Å²) in [6, 6.07) is 3.21. The molecule has 0 aromatic heterocycles. The Morgan fingerprint density at radius 1 is 0.917 bits per heavy atom. The third-order valence-corrected chi connectivity index (χ3v) is 1.60. The zero-order chi connectivity index (χ0) is 9.23. The van der Waals surface area contributed by atoms with Crippen molar-refractivity contribution < 1.29 is 0 Å². The predicted molar refractivity (Wildman–Crippen MR) is 54.8 cm³/mol. The average molecular weight is 167 g/mol. The lowest BCUT2D eigenvalue weighted by Crippen LogP contribution is -2.19. The molecular weight excluding hydrogens is 146 g/mol. The van der Waals surface area contributed by atoms with E-state index in [0.29, 0.717) is 0 Å². The van der Waals surface area contributed by atoms with E-state index >= 15 is 0 Å². The van der Waals surface area contributed by atoms with Gasteiger partial charge in [-0.25, -0.2) is 0 Å². The molecule has 0 atom stereocenters. The van der Waals surface area contributed by atoms with E-state index in [2.05, 4.69) is 37.6 Å². The average Bonchev–Trinajstić information content (AvgIpc) is 2.06. The van der Waals surface area contributed by atoms with Crippen LogP contribution in [0, 0.1) is 12.0 Å². The fourth-order valence-corrected chi connectivity index (χ4v) is 1.06. The molecule has 0 aliphatic rings. The SMILES string of the molecule is CCCC#CN(CCC)CCC. The molecule has 0 bridgehead atoms. The van der Waals surface area contributed by atoms with Crippen LogP contribution in [-0.2, 0) is 0 Å². The molecule has 70 valence electrons. The van der Waals surface area contributed by atoms with Gasteiger partial charge in [-0.2, -0.15) is 0 Å². The van der Waals surface area contributed by atoms with Gasteiger partial charge in [0.1, 0.15) is 0 Å². The van der Waals surface area contributed by atoms with Gasteiger partial charge < -0.3 is 4.90 Å². The third-order valence-electron chi connectivity index (χ3n) is 1.60. The van der Waals surface area contributed by atoms with Crippen LogP contribution in [0.3, 0.4) is 0 Å². The van der Waals surface area contributed by atoms with Crippen LogP contribution in [0.2, 0.25) is 0 Å². The topological polar surface area (TPSA) is 3.24 Å². The summed E-state index contributed by atoms with van der Waals surface area (Å²) in [6.07, 6.45) is 4.59. The number of unbranched alkanes of at least 4 members (excludes halogenated alkanes) is 1. The molecule has 0 aliphatic carbocycles. The number of nitrogens with zero attached hydrogens (tertiary/aromatic N) is 1. The largest absolute Gasteiger partial charge is 0.333 e. The molecular formula is C11H21N. The molecule has 0 aliphatic heterocycles. The maximum atomic E-state index is 3.21. The van der Waals surface area contributed by atoms with Crippen LogP contribution < -0.4 is 0 Å². The normalized spacial score (nSPS) is 8.92. The number of hydrogen-bond donors (Lipinski definition) is 0. The summed E-state index contributed by atoms with van der Waals surface area (Å²) in [5, 5.41) is 0. The lowest BCUT2D eigenvalue weighted by Gasteiger charge is -2.14. The van der Waals surface area contributed by atoms with E-state index in [1.807, 2.05) is 0 Å². The Balaban J connectivity index is 3.70.